The minimum Gasteiger partial charge on any atom is -0.318 e. The Balaban J connectivity index is 2.40. The molecule has 17 heavy (non-hydrogen) atoms. The molecular formula is C10H9N3O4. The highest BCUT2D eigenvalue weighted by molar-refractivity contribution is 6.19. The van der Waals surface area contributed by atoms with Gasteiger partial charge < -0.3 is 4.90 Å². The Hall–Kier alpha value is -2.44. The summed E-state index contributed by atoms with van der Waals surface area (Å²) < 4.78 is 0. The minimum absolute atomic E-state index is 0.0124. The van der Waals surface area contributed by atoms with E-state index in [0.717, 1.165) is 4.90 Å². The smallest absolute Gasteiger partial charge is 0.318 e. The Labute approximate surface area is 96.4 Å². The van der Waals surface area contributed by atoms with Crippen molar-refractivity contribution >= 4 is 23.3 Å². The van der Waals surface area contributed by atoms with Crippen molar-refractivity contribution in [2.45, 2.75) is 0 Å². The molecule has 7 nitrogen and oxygen atoms in total. The summed E-state index contributed by atoms with van der Waals surface area (Å²) in [7, 11) is 1.50. The number of nitrogens with zero attached hydrogens (tertiary/aromatic N) is 3. The zero-order valence-corrected chi connectivity index (χ0v) is 8.99. The molecule has 1 aromatic carbocycles. The standard InChI is InChI=1S/C10H9N3O4/c1-11-6-9(14)12(10(11)15)7-3-2-4-8(5-7)13(16)17/h2-5H,6H2,1H3. The first-order chi connectivity index (χ1) is 8.00. The first-order valence-corrected chi connectivity index (χ1v) is 4.83. The minimum atomic E-state index is -0.571. The van der Waals surface area contributed by atoms with Gasteiger partial charge in [-0.25, -0.2) is 9.69 Å². The summed E-state index contributed by atoms with van der Waals surface area (Å²) >= 11 is 0. The van der Waals surface area contributed by atoms with Crippen LogP contribution < -0.4 is 4.90 Å². The van der Waals surface area contributed by atoms with Crippen molar-refractivity contribution in [2.24, 2.45) is 0 Å². The molecule has 1 aromatic rings. The van der Waals surface area contributed by atoms with Gasteiger partial charge in [-0.1, -0.05) is 6.07 Å². The summed E-state index contributed by atoms with van der Waals surface area (Å²) in [5.74, 6) is -0.391. The van der Waals surface area contributed by atoms with Crippen LogP contribution in [0.3, 0.4) is 0 Å². The predicted molar refractivity (Wildman–Crippen MR) is 58.6 cm³/mol. The highest BCUT2D eigenvalue weighted by atomic mass is 16.6. The summed E-state index contributed by atoms with van der Waals surface area (Å²) in [6.07, 6.45) is 0. The summed E-state index contributed by atoms with van der Waals surface area (Å²) in [6.45, 7) is -0.0124. The molecule has 0 saturated carbocycles. The number of benzene rings is 1. The molecular weight excluding hydrogens is 226 g/mol. The lowest BCUT2D eigenvalue weighted by Crippen LogP contribution is -2.31. The summed E-state index contributed by atoms with van der Waals surface area (Å²) in [5.41, 5.74) is 0.0659. The van der Waals surface area contributed by atoms with Crippen LogP contribution >= 0.6 is 0 Å². The summed E-state index contributed by atoms with van der Waals surface area (Å²) in [6, 6.07) is 4.96. The van der Waals surface area contributed by atoms with Crippen molar-refractivity contribution in [1.82, 2.24) is 4.90 Å². The molecule has 0 aromatic heterocycles. The molecule has 2 rings (SSSR count). The van der Waals surface area contributed by atoms with Gasteiger partial charge in [0.2, 0.25) is 0 Å². The van der Waals surface area contributed by atoms with Crippen LogP contribution in [0, 0.1) is 10.1 Å². The van der Waals surface area contributed by atoms with Gasteiger partial charge in [0.15, 0.2) is 0 Å². The molecule has 7 heteroatoms. The molecule has 0 aliphatic carbocycles. The fourth-order valence-corrected chi connectivity index (χ4v) is 1.62. The van der Waals surface area contributed by atoms with E-state index in [4.69, 9.17) is 0 Å². The van der Waals surface area contributed by atoms with Gasteiger partial charge in [0, 0.05) is 19.2 Å². The molecule has 0 bridgehead atoms. The first-order valence-electron chi connectivity index (χ1n) is 4.83. The number of non-ortho nitro benzene ring substituents is 1. The predicted octanol–water partition coefficient (Wildman–Crippen LogP) is 0.993. The van der Waals surface area contributed by atoms with Crippen molar-refractivity contribution < 1.29 is 14.5 Å². The first kappa shape index (κ1) is 11.1. The molecule has 0 N–H and O–H groups in total. The van der Waals surface area contributed by atoms with Gasteiger partial charge in [-0.15, -0.1) is 0 Å². The van der Waals surface area contributed by atoms with E-state index in [2.05, 4.69) is 0 Å². The Bertz CT molecular complexity index is 514. The van der Waals surface area contributed by atoms with E-state index in [-0.39, 0.29) is 17.9 Å². The number of carbonyl (C=O) groups is 2. The van der Waals surface area contributed by atoms with Crippen LogP contribution in [0.1, 0.15) is 0 Å². The van der Waals surface area contributed by atoms with Crippen LogP contribution in [0.25, 0.3) is 0 Å². The lowest BCUT2D eigenvalue weighted by molar-refractivity contribution is -0.384. The quantitative estimate of drug-likeness (QED) is 0.434. The van der Waals surface area contributed by atoms with Gasteiger partial charge >= 0.3 is 6.03 Å². The highest BCUT2D eigenvalue weighted by Gasteiger charge is 2.35. The zero-order valence-electron chi connectivity index (χ0n) is 8.99. The Morgan fingerprint density at radius 3 is 2.59 bits per heavy atom. The average molecular weight is 235 g/mol. The topological polar surface area (TPSA) is 83.8 Å². The maximum Gasteiger partial charge on any atom is 0.331 e. The number of amides is 3. The van der Waals surface area contributed by atoms with E-state index < -0.39 is 16.9 Å². The van der Waals surface area contributed by atoms with Crippen molar-refractivity contribution in [3.05, 3.63) is 34.4 Å². The fraction of sp³-hybridized carbons (Fsp3) is 0.200. The monoisotopic (exact) mass is 235 g/mol. The number of hydrogen-bond acceptors (Lipinski definition) is 4. The Morgan fingerprint density at radius 1 is 1.35 bits per heavy atom. The van der Waals surface area contributed by atoms with Gasteiger partial charge in [-0.3, -0.25) is 14.9 Å². The normalized spacial score (nSPS) is 15.6. The molecule has 1 aliphatic rings. The van der Waals surface area contributed by atoms with Gasteiger partial charge in [0.1, 0.15) is 6.54 Å². The third kappa shape index (κ3) is 1.82. The molecule has 1 saturated heterocycles. The molecule has 3 amide bonds. The number of rotatable bonds is 2. The van der Waals surface area contributed by atoms with Gasteiger partial charge in [0.25, 0.3) is 11.6 Å². The Kier molecular flexibility index (Phi) is 2.51. The van der Waals surface area contributed by atoms with Crippen molar-refractivity contribution in [1.29, 1.82) is 0 Å². The van der Waals surface area contributed by atoms with E-state index >= 15 is 0 Å². The van der Waals surface area contributed by atoms with Gasteiger partial charge in [-0.2, -0.15) is 0 Å². The second-order valence-electron chi connectivity index (χ2n) is 3.64. The van der Waals surface area contributed by atoms with Crippen LogP contribution in [-0.2, 0) is 4.79 Å². The van der Waals surface area contributed by atoms with Crippen molar-refractivity contribution in [3.8, 4) is 0 Å². The molecule has 0 atom stereocenters. The molecule has 0 unspecified atom stereocenters. The van der Waals surface area contributed by atoms with Crippen LogP contribution in [0.5, 0.6) is 0 Å². The summed E-state index contributed by atoms with van der Waals surface area (Å²) in [4.78, 5) is 35.4. The van der Waals surface area contributed by atoms with E-state index in [0.29, 0.717) is 0 Å². The third-order valence-corrected chi connectivity index (χ3v) is 2.44. The number of anilines is 1. The van der Waals surface area contributed by atoms with E-state index in [1.165, 1.54) is 36.2 Å². The molecule has 0 spiro atoms. The fourth-order valence-electron chi connectivity index (χ4n) is 1.62. The highest BCUT2D eigenvalue weighted by Crippen LogP contribution is 2.24. The summed E-state index contributed by atoms with van der Waals surface area (Å²) in [5, 5.41) is 10.6. The van der Waals surface area contributed by atoms with Crippen LogP contribution in [0.2, 0.25) is 0 Å². The van der Waals surface area contributed by atoms with Gasteiger partial charge in [-0.05, 0) is 6.07 Å². The van der Waals surface area contributed by atoms with Crippen molar-refractivity contribution in [2.75, 3.05) is 18.5 Å². The maximum absolute atomic E-state index is 11.7. The van der Waals surface area contributed by atoms with Crippen LogP contribution in [0.4, 0.5) is 16.2 Å². The molecule has 0 radical (unpaired) electrons. The van der Waals surface area contributed by atoms with E-state index in [1.54, 1.807) is 0 Å². The number of imide groups is 1. The lowest BCUT2D eigenvalue weighted by Gasteiger charge is -2.13. The largest absolute Gasteiger partial charge is 0.331 e. The van der Waals surface area contributed by atoms with Gasteiger partial charge in [0.05, 0.1) is 10.6 Å². The number of carbonyl (C=O) groups excluding carboxylic acids is 2. The average Bonchev–Trinajstić information content (AvgIpc) is 2.53. The maximum atomic E-state index is 11.7. The molecule has 88 valence electrons. The zero-order chi connectivity index (χ0) is 12.6. The molecule has 1 aliphatic heterocycles. The third-order valence-electron chi connectivity index (χ3n) is 2.44. The van der Waals surface area contributed by atoms with E-state index in [9.17, 15) is 19.7 Å². The Morgan fingerprint density at radius 2 is 2.06 bits per heavy atom. The van der Waals surface area contributed by atoms with Crippen LogP contribution in [-0.4, -0.2) is 35.4 Å². The number of nitro groups is 1. The molecule has 1 heterocycles. The second-order valence-corrected chi connectivity index (χ2v) is 3.64. The second kappa shape index (κ2) is 3.85. The number of likely N-dealkylation sites (N-methyl/N-ethyl adjacent to an activating group) is 1. The SMILES string of the molecule is CN1CC(=O)N(c2cccc([N+](=O)[O-])c2)C1=O. The molecule has 1 fully saturated rings. The number of nitro benzene ring substituents is 1. The van der Waals surface area contributed by atoms with E-state index in [1.807, 2.05) is 0 Å². The number of hydrogen-bond donors (Lipinski definition) is 0. The van der Waals surface area contributed by atoms with Crippen molar-refractivity contribution in [3.63, 3.8) is 0 Å². The lowest BCUT2D eigenvalue weighted by atomic mass is 10.2. The number of urea groups is 1. The van der Waals surface area contributed by atoms with Crippen LogP contribution in [0.15, 0.2) is 24.3 Å².